The number of benzene rings is 1. The molecule has 0 amide bonds. The number of methoxy groups -OCH3 is 1. The molecule has 1 atom stereocenters. The van der Waals surface area contributed by atoms with Crippen LogP contribution in [0.1, 0.15) is 11.1 Å². The normalized spacial score (nSPS) is 12.2. The Morgan fingerprint density at radius 2 is 1.90 bits per heavy atom. The van der Waals surface area contributed by atoms with E-state index in [0.717, 1.165) is 24.2 Å². The summed E-state index contributed by atoms with van der Waals surface area (Å²) in [7, 11) is 1.69. The van der Waals surface area contributed by atoms with Crippen molar-refractivity contribution in [2.24, 2.45) is 5.92 Å². The lowest BCUT2D eigenvalue weighted by atomic mass is 9.94. The molecule has 0 spiro atoms. The van der Waals surface area contributed by atoms with E-state index >= 15 is 0 Å². The summed E-state index contributed by atoms with van der Waals surface area (Å²) < 4.78 is 5.39. The molecule has 1 unspecified atom stereocenters. The monoisotopic (exact) mass is 309 g/mol. The van der Waals surface area contributed by atoms with Crippen LogP contribution in [-0.2, 0) is 12.8 Å². The molecule has 0 radical (unpaired) electrons. The van der Waals surface area contributed by atoms with E-state index in [0.29, 0.717) is 16.8 Å². The number of rotatable bonds is 6. The number of aromatic nitrogens is 1. The first-order valence-corrected chi connectivity index (χ1v) is 7.42. The fourth-order valence-corrected chi connectivity index (χ4v) is 2.66. The summed E-state index contributed by atoms with van der Waals surface area (Å²) in [6.07, 6.45) is 5.13. The van der Waals surface area contributed by atoms with E-state index in [1.54, 1.807) is 19.5 Å². The lowest BCUT2D eigenvalue weighted by molar-refractivity contribution is 0.405. The number of nitrogens with zero attached hydrogens (tertiary/aromatic N) is 1. The summed E-state index contributed by atoms with van der Waals surface area (Å²) in [5.41, 5.74) is 2.26. The minimum Gasteiger partial charge on any atom is -0.496 e. The number of pyridine rings is 1. The van der Waals surface area contributed by atoms with Crippen LogP contribution in [0.15, 0.2) is 42.7 Å². The van der Waals surface area contributed by atoms with Gasteiger partial charge in [0, 0.05) is 18.3 Å². The molecule has 0 aliphatic carbocycles. The molecule has 0 aliphatic rings. The summed E-state index contributed by atoms with van der Waals surface area (Å²) in [4.78, 5) is 4.00. The topological polar surface area (TPSA) is 22.1 Å². The molecule has 1 aromatic heterocycles. The Balaban J connectivity index is 2.11. The molecule has 1 heterocycles. The molecule has 4 heteroatoms. The second kappa shape index (κ2) is 7.51. The summed E-state index contributed by atoms with van der Waals surface area (Å²) in [6.45, 7) is 0. The average Bonchev–Trinajstić information content (AvgIpc) is 2.49. The van der Waals surface area contributed by atoms with E-state index < -0.39 is 0 Å². The molecule has 0 bridgehead atoms. The van der Waals surface area contributed by atoms with Crippen LogP contribution < -0.4 is 4.74 Å². The SMILES string of the molecule is COc1ccccc1CC(CCl)Cc1ccncc1Cl. The van der Waals surface area contributed by atoms with Crippen LogP contribution in [0.5, 0.6) is 5.75 Å². The van der Waals surface area contributed by atoms with E-state index in [2.05, 4.69) is 11.1 Å². The zero-order valence-corrected chi connectivity index (χ0v) is 12.9. The highest BCUT2D eigenvalue weighted by Gasteiger charge is 2.14. The van der Waals surface area contributed by atoms with Gasteiger partial charge in [0.25, 0.3) is 0 Å². The van der Waals surface area contributed by atoms with E-state index in [-0.39, 0.29) is 0 Å². The predicted octanol–water partition coefficient (Wildman–Crippen LogP) is 4.38. The number of halogens is 2. The molecule has 0 aliphatic heterocycles. The van der Waals surface area contributed by atoms with Gasteiger partial charge in [-0.05, 0) is 42.0 Å². The molecule has 0 fully saturated rings. The summed E-state index contributed by atoms with van der Waals surface area (Å²) >= 11 is 12.3. The van der Waals surface area contributed by atoms with Crippen molar-refractivity contribution in [3.8, 4) is 5.75 Å². The fourth-order valence-electron chi connectivity index (χ4n) is 2.24. The van der Waals surface area contributed by atoms with Crippen LogP contribution in [0, 0.1) is 5.92 Å². The van der Waals surface area contributed by atoms with E-state index in [1.165, 1.54) is 5.56 Å². The quantitative estimate of drug-likeness (QED) is 0.739. The van der Waals surface area contributed by atoms with Crippen LogP contribution in [-0.4, -0.2) is 18.0 Å². The number of para-hydroxylation sites is 1. The molecule has 2 aromatic rings. The third-order valence-electron chi connectivity index (χ3n) is 3.28. The Hall–Kier alpha value is -1.25. The van der Waals surface area contributed by atoms with Crippen molar-refractivity contribution in [1.29, 1.82) is 0 Å². The molecule has 0 saturated carbocycles. The first-order chi connectivity index (χ1) is 9.74. The van der Waals surface area contributed by atoms with Gasteiger partial charge in [0.05, 0.1) is 12.1 Å². The summed E-state index contributed by atoms with van der Waals surface area (Å²) in [5, 5.41) is 0.697. The molecule has 2 nitrogen and oxygen atoms in total. The molecule has 2 rings (SSSR count). The Kier molecular flexibility index (Phi) is 5.69. The van der Waals surface area contributed by atoms with E-state index in [4.69, 9.17) is 27.9 Å². The van der Waals surface area contributed by atoms with Crippen LogP contribution in [0.25, 0.3) is 0 Å². The molecule has 0 saturated heterocycles. The molecular weight excluding hydrogens is 293 g/mol. The number of hydrogen-bond donors (Lipinski definition) is 0. The smallest absolute Gasteiger partial charge is 0.122 e. The van der Waals surface area contributed by atoms with Gasteiger partial charge in [-0.1, -0.05) is 29.8 Å². The fraction of sp³-hybridized carbons (Fsp3) is 0.312. The van der Waals surface area contributed by atoms with Gasteiger partial charge < -0.3 is 4.74 Å². The highest BCUT2D eigenvalue weighted by atomic mass is 35.5. The van der Waals surface area contributed by atoms with Crippen LogP contribution in [0.4, 0.5) is 0 Å². The summed E-state index contributed by atoms with van der Waals surface area (Å²) in [6, 6.07) is 9.98. The highest BCUT2D eigenvalue weighted by molar-refractivity contribution is 6.31. The third kappa shape index (κ3) is 3.87. The van der Waals surface area contributed by atoms with Gasteiger partial charge in [0.2, 0.25) is 0 Å². The number of hydrogen-bond acceptors (Lipinski definition) is 2. The van der Waals surface area contributed by atoms with Crippen LogP contribution >= 0.6 is 23.2 Å². The Bertz CT molecular complexity index is 560. The van der Waals surface area contributed by atoms with Crippen molar-refractivity contribution >= 4 is 23.2 Å². The first kappa shape index (κ1) is 15.1. The zero-order chi connectivity index (χ0) is 14.4. The molecule has 20 heavy (non-hydrogen) atoms. The Labute approximate surface area is 129 Å². The Morgan fingerprint density at radius 3 is 2.60 bits per heavy atom. The molecule has 106 valence electrons. The van der Waals surface area contributed by atoms with Crippen molar-refractivity contribution in [2.75, 3.05) is 13.0 Å². The van der Waals surface area contributed by atoms with Gasteiger partial charge in [0.15, 0.2) is 0 Å². The minimum atomic E-state index is 0.313. The largest absolute Gasteiger partial charge is 0.496 e. The van der Waals surface area contributed by atoms with Crippen molar-refractivity contribution in [1.82, 2.24) is 4.98 Å². The van der Waals surface area contributed by atoms with E-state index in [9.17, 15) is 0 Å². The maximum absolute atomic E-state index is 6.16. The summed E-state index contributed by atoms with van der Waals surface area (Å²) in [5.74, 6) is 1.80. The van der Waals surface area contributed by atoms with Gasteiger partial charge in [-0.25, -0.2) is 0 Å². The second-order valence-electron chi connectivity index (χ2n) is 4.71. The van der Waals surface area contributed by atoms with Gasteiger partial charge in [-0.3, -0.25) is 4.98 Å². The lowest BCUT2D eigenvalue weighted by Gasteiger charge is -2.16. The van der Waals surface area contributed by atoms with Crippen LogP contribution in [0.2, 0.25) is 5.02 Å². The highest BCUT2D eigenvalue weighted by Crippen LogP contribution is 2.25. The third-order valence-corrected chi connectivity index (χ3v) is 4.06. The second-order valence-corrected chi connectivity index (χ2v) is 5.42. The lowest BCUT2D eigenvalue weighted by Crippen LogP contribution is -2.11. The van der Waals surface area contributed by atoms with Crippen LogP contribution in [0.3, 0.4) is 0 Å². The van der Waals surface area contributed by atoms with Crippen molar-refractivity contribution < 1.29 is 4.74 Å². The zero-order valence-electron chi connectivity index (χ0n) is 11.4. The number of ether oxygens (including phenoxy) is 1. The van der Waals surface area contributed by atoms with Crippen molar-refractivity contribution in [3.63, 3.8) is 0 Å². The predicted molar refractivity (Wildman–Crippen MR) is 83.9 cm³/mol. The van der Waals surface area contributed by atoms with Gasteiger partial charge >= 0.3 is 0 Å². The average molecular weight is 310 g/mol. The molecule has 0 N–H and O–H groups in total. The maximum atomic E-state index is 6.16. The minimum absolute atomic E-state index is 0.313. The van der Waals surface area contributed by atoms with Crippen molar-refractivity contribution in [3.05, 3.63) is 58.9 Å². The van der Waals surface area contributed by atoms with Gasteiger partial charge in [0.1, 0.15) is 5.75 Å². The van der Waals surface area contributed by atoms with Crippen molar-refractivity contribution in [2.45, 2.75) is 12.8 Å². The van der Waals surface area contributed by atoms with Gasteiger partial charge in [-0.15, -0.1) is 11.6 Å². The van der Waals surface area contributed by atoms with Gasteiger partial charge in [-0.2, -0.15) is 0 Å². The standard InChI is InChI=1S/C16H17Cl2NO/c1-20-16-5-3-2-4-14(16)9-12(10-17)8-13-6-7-19-11-15(13)18/h2-7,11-12H,8-10H2,1H3. The molecular formula is C16H17Cl2NO. The maximum Gasteiger partial charge on any atom is 0.122 e. The first-order valence-electron chi connectivity index (χ1n) is 6.50. The Morgan fingerprint density at radius 1 is 1.15 bits per heavy atom. The molecule has 1 aromatic carbocycles. The number of alkyl halides is 1. The van der Waals surface area contributed by atoms with E-state index in [1.807, 2.05) is 24.3 Å².